The van der Waals surface area contributed by atoms with Crippen molar-refractivity contribution in [1.82, 2.24) is 0 Å². The summed E-state index contributed by atoms with van der Waals surface area (Å²) >= 11 is 1.40. The Kier molecular flexibility index (Phi) is 9.39. The molecule has 0 aliphatic heterocycles. The van der Waals surface area contributed by atoms with Gasteiger partial charge in [-0.25, -0.2) is 5.21 Å². The van der Waals surface area contributed by atoms with Gasteiger partial charge in [-0.1, -0.05) is 11.8 Å². The topological polar surface area (TPSA) is 83.5 Å². The van der Waals surface area contributed by atoms with Gasteiger partial charge in [-0.15, -0.1) is 0 Å². The van der Waals surface area contributed by atoms with Crippen molar-refractivity contribution in [3.63, 3.8) is 0 Å². The van der Waals surface area contributed by atoms with Crippen LogP contribution in [-0.4, -0.2) is 74.2 Å². The zero-order valence-electron chi connectivity index (χ0n) is 9.59. The molecule has 0 unspecified atom stereocenters. The molecule has 0 saturated heterocycles. The van der Waals surface area contributed by atoms with Crippen LogP contribution < -0.4 is 0 Å². The monoisotopic (exact) mass is 325 g/mol. The SMILES string of the molecule is O=[N+]([O-])c1ccc(Sc2ccc([N+](=O)O)cc2)cc1.[NaH].[NaH]. The van der Waals surface area contributed by atoms with Crippen molar-refractivity contribution in [2.45, 2.75) is 9.79 Å². The minimum atomic E-state index is -0.451. The number of nitrogens with zero attached hydrogens (tertiary/aromatic N) is 2. The van der Waals surface area contributed by atoms with E-state index in [1.807, 2.05) is 0 Å². The van der Waals surface area contributed by atoms with Crippen molar-refractivity contribution in [3.8, 4) is 0 Å². The van der Waals surface area contributed by atoms with E-state index in [2.05, 4.69) is 0 Å². The van der Waals surface area contributed by atoms with Crippen LogP contribution in [0.1, 0.15) is 0 Å². The number of hydrogen-bond acceptors (Lipinski definition) is 4. The maximum atomic E-state index is 10.6. The molecular formula is C12H11N2Na2O4S+. The molecule has 0 aromatic heterocycles. The summed E-state index contributed by atoms with van der Waals surface area (Å²) in [6, 6.07) is 12.5. The van der Waals surface area contributed by atoms with Crippen LogP contribution in [0.2, 0.25) is 0 Å². The molecular weight excluding hydrogens is 314 g/mol. The van der Waals surface area contributed by atoms with Crippen molar-refractivity contribution in [3.05, 3.63) is 63.6 Å². The summed E-state index contributed by atoms with van der Waals surface area (Å²) in [6.07, 6.45) is 0. The molecule has 100 valence electrons. The fourth-order valence-electron chi connectivity index (χ4n) is 1.41. The molecule has 0 heterocycles. The third-order valence-corrected chi connectivity index (χ3v) is 3.36. The predicted octanol–water partition coefficient (Wildman–Crippen LogP) is 2.25. The fraction of sp³-hybridized carbons (Fsp3) is 0. The Labute approximate surface area is 169 Å². The van der Waals surface area contributed by atoms with Gasteiger partial charge in [0.2, 0.25) is 0 Å². The molecule has 21 heavy (non-hydrogen) atoms. The normalized spacial score (nSPS) is 9.14. The van der Waals surface area contributed by atoms with Crippen LogP contribution in [0.15, 0.2) is 58.3 Å². The summed E-state index contributed by atoms with van der Waals surface area (Å²) in [5.74, 6) is 0. The molecule has 9 heteroatoms. The van der Waals surface area contributed by atoms with E-state index in [0.717, 1.165) is 9.79 Å². The van der Waals surface area contributed by atoms with Gasteiger partial charge in [-0.05, 0) is 24.3 Å². The molecule has 0 bridgehead atoms. The van der Waals surface area contributed by atoms with Gasteiger partial charge in [0.1, 0.15) is 0 Å². The van der Waals surface area contributed by atoms with Gasteiger partial charge >= 0.3 is 64.8 Å². The van der Waals surface area contributed by atoms with Crippen LogP contribution in [-0.2, 0) is 0 Å². The van der Waals surface area contributed by atoms with Gasteiger partial charge in [0.05, 0.1) is 9.83 Å². The van der Waals surface area contributed by atoms with Gasteiger partial charge in [0, 0.05) is 34.1 Å². The Hall–Kier alpha value is -0.410. The first-order valence-electron chi connectivity index (χ1n) is 5.25. The molecule has 2 aromatic rings. The number of nitro groups is 1. The van der Waals surface area contributed by atoms with Crippen molar-refractivity contribution in [2.75, 3.05) is 0 Å². The van der Waals surface area contributed by atoms with Gasteiger partial charge in [0.25, 0.3) is 10.6 Å². The quantitative estimate of drug-likeness (QED) is 0.529. The van der Waals surface area contributed by atoms with Crippen LogP contribution in [0.3, 0.4) is 0 Å². The first-order chi connectivity index (χ1) is 9.06. The molecule has 0 aliphatic rings. The Morgan fingerprint density at radius 1 is 0.810 bits per heavy atom. The summed E-state index contributed by atoms with van der Waals surface area (Å²) in [5.41, 5.74) is 0.190. The van der Waals surface area contributed by atoms with E-state index < -0.39 is 4.92 Å². The third kappa shape index (κ3) is 6.07. The third-order valence-electron chi connectivity index (χ3n) is 2.34. The molecule has 6 nitrogen and oxygen atoms in total. The molecule has 0 saturated carbocycles. The van der Waals surface area contributed by atoms with Crippen LogP contribution >= 0.6 is 11.8 Å². The van der Waals surface area contributed by atoms with Crippen LogP contribution in [0.25, 0.3) is 0 Å². The van der Waals surface area contributed by atoms with Crippen molar-refractivity contribution in [2.24, 2.45) is 0 Å². The van der Waals surface area contributed by atoms with Crippen molar-refractivity contribution >= 4 is 82.3 Å². The van der Waals surface area contributed by atoms with Crippen molar-refractivity contribution in [1.29, 1.82) is 0 Å². The number of benzene rings is 2. The second-order valence-electron chi connectivity index (χ2n) is 3.62. The second-order valence-corrected chi connectivity index (χ2v) is 4.77. The average molecular weight is 325 g/mol. The van der Waals surface area contributed by atoms with Crippen molar-refractivity contribution < 1.29 is 15.1 Å². The summed E-state index contributed by atoms with van der Waals surface area (Å²) in [7, 11) is 0. The van der Waals surface area contributed by atoms with Crippen LogP contribution in [0, 0.1) is 15.0 Å². The van der Waals surface area contributed by atoms with Crippen LogP contribution in [0.4, 0.5) is 11.4 Å². The van der Waals surface area contributed by atoms with Gasteiger partial charge in [-0.3, -0.25) is 10.1 Å². The zero-order chi connectivity index (χ0) is 13.8. The molecule has 0 aliphatic carbocycles. The molecule has 0 fully saturated rings. The Morgan fingerprint density at radius 2 is 1.19 bits per heavy atom. The van der Waals surface area contributed by atoms with E-state index in [0.29, 0.717) is 0 Å². The van der Waals surface area contributed by atoms with E-state index in [1.165, 1.54) is 36.0 Å². The molecule has 0 spiro atoms. The predicted molar refractivity (Wildman–Crippen MR) is 83.0 cm³/mol. The summed E-state index contributed by atoms with van der Waals surface area (Å²) in [4.78, 5) is 22.2. The second kappa shape index (κ2) is 9.58. The Bertz CT molecular complexity index is 565. The maximum absolute atomic E-state index is 10.6. The molecule has 0 radical (unpaired) electrons. The molecule has 0 amide bonds. The van der Waals surface area contributed by atoms with E-state index in [-0.39, 0.29) is 75.4 Å². The van der Waals surface area contributed by atoms with E-state index >= 15 is 0 Å². The van der Waals surface area contributed by atoms with E-state index in [1.54, 1.807) is 24.3 Å². The number of nitro benzene ring substituents is 1. The Balaban J connectivity index is 0.00000200. The first kappa shape index (κ1) is 20.6. The van der Waals surface area contributed by atoms with Gasteiger partial charge in [-0.2, -0.15) is 0 Å². The summed E-state index contributed by atoms with van der Waals surface area (Å²) < 4.78 is 0. The average Bonchev–Trinajstić information content (AvgIpc) is 2.40. The number of non-ortho nitro benzene ring substituents is 1. The standard InChI is InChI=1S/C12H9N2O4S.2Na.2H/c15-13(16)9-1-5-11(6-2-9)19-12-7-3-10(4-8-12)14(17)18;;;;/h1-8H,(H,15,16);;;;/q+1;;;;. The minimum absolute atomic E-state index is 0. The molecule has 2 rings (SSSR count). The zero-order valence-corrected chi connectivity index (χ0v) is 10.4. The van der Waals surface area contributed by atoms with Gasteiger partial charge < -0.3 is 0 Å². The van der Waals surface area contributed by atoms with Gasteiger partial charge in [0.15, 0.2) is 0 Å². The van der Waals surface area contributed by atoms with E-state index in [4.69, 9.17) is 5.21 Å². The summed E-state index contributed by atoms with van der Waals surface area (Å²) in [6.45, 7) is 0. The molecule has 0 atom stereocenters. The molecule has 1 N–H and O–H groups in total. The fourth-order valence-corrected chi connectivity index (χ4v) is 2.23. The van der Waals surface area contributed by atoms with Crippen LogP contribution in [0.5, 0.6) is 0 Å². The first-order valence-corrected chi connectivity index (χ1v) is 6.06. The summed E-state index contributed by atoms with van der Waals surface area (Å²) in [5, 5.41) is 19.2. The van der Waals surface area contributed by atoms with E-state index in [9.17, 15) is 15.0 Å². The number of rotatable bonds is 4. The number of hydrogen-bond donors (Lipinski definition) is 1. The Morgan fingerprint density at radius 3 is 1.52 bits per heavy atom. The molecule has 2 aromatic carbocycles.